The quantitative estimate of drug-likeness (QED) is 0.875. The number of carbonyl (C=O) groups is 1. The number of aromatic nitrogens is 1. The predicted octanol–water partition coefficient (Wildman–Crippen LogP) is 3.61. The predicted molar refractivity (Wildman–Crippen MR) is 99.2 cm³/mol. The van der Waals surface area contributed by atoms with E-state index < -0.39 is 0 Å². The summed E-state index contributed by atoms with van der Waals surface area (Å²) in [6.07, 6.45) is 6.94. The van der Waals surface area contributed by atoms with Gasteiger partial charge >= 0.3 is 0 Å². The average molecular weight is 338 g/mol. The van der Waals surface area contributed by atoms with E-state index in [0.717, 1.165) is 43.4 Å². The van der Waals surface area contributed by atoms with E-state index in [-0.39, 0.29) is 11.3 Å². The first-order valence-corrected chi connectivity index (χ1v) is 9.09. The van der Waals surface area contributed by atoms with Gasteiger partial charge in [0.05, 0.1) is 5.41 Å². The van der Waals surface area contributed by atoms with Crippen molar-refractivity contribution in [1.82, 2.24) is 10.3 Å². The Hall–Kier alpha value is -2.20. The Labute approximate surface area is 149 Å². The Kier molecular flexibility index (Phi) is 5.82. The Balaban J connectivity index is 1.76. The molecule has 1 fully saturated rings. The zero-order valence-corrected chi connectivity index (χ0v) is 14.8. The lowest BCUT2D eigenvalue weighted by Gasteiger charge is -2.36. The van der Waals surface area contributed by atoms with Crippen LogP contribution in [-0.2, 0) is 16.0 Å². The molecule has 0 atom stereocenters. The third-order valence-electron chi connectivity index (χ3n) is 4.96. The lowest BCUT2D eigenvalue weighted by Crippen LogP contribution is -2.46. The number of nitrogens with zero attached hydrogens (tertiary/aromatic N) is 1. The largest absolute Gasteiger partial charge is 0.381 e. The van der Waals surface area contributed by atoms with Gasteiger partial charge in [-0.1, -0.05) is 37.3 Å². The second kappa shape index (κ2) is 8.26. The second-order valence-corrected chi connectivity index (χ2v) is 6.76. The Bertz CT molecular complexity index is 677. The molecule has 1 aromatic heterocycles. The smallest absolute Gasteiger partial charge is 0.226 e. The molecule has 25 heavy (non-hydrogen) atoms. The summed E-state index contributed by atoms with van der Waals surface area (Å²) in [5.74, 6) is 0.175. The highest BCUT2D eigenvalue weighted by Gasteiger charge is 2.39. The Morgan fingerprint density at radius 3 is 2.56 bits per heavy atom. The molecule has 4 heteroatoms. The fraction of sp³-hybridized carbons (Fsp3) is 0.429. The van der Waals surface area contributed by atoms with E-state index >= 15 is 0 Å². The molecule has 1 N–H and O–H groups in total. The van der Waals surface area contributed by atoms with Crippen LogP contribution < -0.4 is 5.32 Å². The van der Waals surface area contributed by atoms with Crippen LogP contribution >= 0.6 is 0 Å². The molecular formula is C21H26N2O2. The van der Waals surface area contributed by atoms with Gasteiger partial charge in [-0.25, -0.2) is 0 Å². The minimum atomic E-state index is -0.344. The van der Waals surface area contributed by atoms with Crippen molar-refractivity contribution in [3.05, 3.63) is 54.4 Å². The molecule has 1 aromatic carbocycles. The molecule has 2 heterocycles. The summed E-state index contributed by atoms with van der Waals surface area (Å²) in [6, 6.07) is 12.5. The minimum absolute atomic E-state index is 0.175. The number of carbonyl (C=O) groups excluding carboxylic acids is 1. The van der Waals surface area contributed by atoms with Gasteiger partial charge in [0.1, 0.15) is 0 Å². The van der Waals surface area contributed by atoms with Crippen LogP contribution in [0.25, 0.3) is 11.1 Å². The molecule has 0 radical (unpaired) electrons. The van der Waals surface area contributed by atoms with Gasteiger partial charge < -0.3 is 10.1 Å². The zero-order chi connectivity index (χ0) is 17.5. The number of ether oxygens (including phenoxy) is 1. The van der Waals surface area contributed by atoms with Crippen LogP contribution in [0.3, 0.4) is 0 Å². The topological polar surface area (TPSA) is 51.2 Å². The first kappa shape index (κ1) is 17.6. The van der Waals surface area contributed by atoms with E-state index in [0.29, 0.717) is 13.2 Å². The molecular weight excluding hydrogens is 312 g/mol. The van der Waals surface area contributed by atoms with Crippen molar-refractivity contribution in [3.63, 3.8) is 0 Å². The Morgan fingerprint density at radius 1 is 1.16 bits per heavy atom. The number of benzene rings is 1. The number of amides is 1. The normalized spacial score (nSPS) is 16.4. The monoisotopic (exact) mass is 338 g/mol. The fourth-order valence-corrected chi connectivity index (χ4v) is 3.41. The summed E-state index contributed by atoms with van der Waals surface area (Å²) in [6.45, 7) is 4.14. The van der Waals surface area contributed by atoms with Gasteiger partial charge in [-0.15, -0.1) is 0 Å². The van der Waals surface area contributed by atoms with Crippen molar-refractivity contribution in [1.29, 1.82) is 0 Å². The van der Waals surface area contributed by atoms with Gasteiger partial charge in [-0.05, 0) is 48.4 Å². The molecule has 0 aliphatic carbocycles. The summed E-state index contributed by atoms with van der Waals surface area (Å²) in [7, 11) is 0. The number of nitrogens with one attached hydrogen (secondary N) is 1. The second-order valence-electron chi connectivity index (χ2n) is 6.76. The van der Waals surface area contributed by atoms with E-state index in [1.807, 2.05) is 12.3 Å². The first-order valence-electron chi connectivity index (χ1n) is 9.09. The van der Waals surface area contributed by atoms with Gasteiger partial charge in [0.25, 0.3) is 0 Å². The van der Waals surface area contributed by atoms with Crippen LogP contribution in [0.1, 0.15) is 31.7 Å². The number of pyridine rings is 1. The van der Waals surface area contributed by atoms with Crippen molar-refractivity contribution in [2.45, 2.75) is 32.6 Å². The highest BCUT2D eigenvalue weighted by Crippen LogP contribution is 2.35. The highest BCUT2D eigenvalue weighted by atomic mass is 16.5. The zero-order valence-electron chi connectivity index (χ0n) is 14.8. The van der Waals surface area contributed by atoms with Crippen LogP contribution in [0.2, 0.25) is 0 Å². The summed E-state index contributed by atoms with van der Waals surface area (Å²) < 4.78 is 5.51. The molecule has 0 unspecified atom stereocenters. The summed E-state index contributed by atoms with van der Waals surface area (Å²) >= 11 is 0. The maximum absolute atomic E-state index is 12.8. The van der Waals surface area contributed by atoms with Crippen molar-refractivity contribution in [2.75, 3.05) is 19.8 Å². The van der Waals surface area contributed by atoms with Crippen molar-refractivity contribution < 1.29 is 9.53 Å². The van der Waals surface area contributed by atoms with E-state index in [4.69, 9.17) is 4.74 Å². The SMILES string of the molecule is CCCNC(=O)C1(Cc2ccc(-c3cccnc3)cc2)CCOCC1. The molecule has 4 nitrogen and oxygen atoms in total. The number of hydrogen-bond acceptors (Lipinski definition) is 3. The number of rotatable bonds is 6. The lowest BCUT2D eigenvalue weighted by molar-refractivity contribution is -0.136. The number of hydrogen-bond donors (Lipinski definition) is 1. The van der Waals surface area contributed by atoms with Crippen LogP contribution in [0.15, 0.2) is 48.8 Å². The summed E-state index contributed by atoms with van der Waals surface area (Å²) in [4.78, 5) is 17.0. The Morgan fingerprint density at radius 2 is 1.92 bits per heavy atom. The van der Waals surface area contributed by atoms with Gasteiger partial charge in [0, 0.05) is 32.2 Å². The first-order chi connectivity index (χ1) is 12.2. The minimum Gasteiger partial charge on any atom is -0.381 e. The van der Waals surface area contributed by atoms with Crippen LogP contribution in [0.4, 0.5) is 0 Å². The molecule has 0 bridgehead atoms. The average Bonchev–Trinajstić information content (AvgIpc) is 2.68. The molecule has 3 rings (SSSR count). The highest BCUT2D eigenvalue weighted by molar-refractivity contribution is 5.83. The van der Waals surface area contributed by atoms with Gasteiger partial charge in [-0.2, -0.15) is 0 Å². The van der Waals surface area contributed by atoms with Crippen LogP contribution in [0, 0.1) is 5.41 Å². The van der Waals surface area contributed by atoms with Gasteiger partial charge in [-0.3, -0.25) is 9.78 Å². The van der Waals surface area contributed by atoms with E-state index in [2.05, 4.69) is 47.6 Å². The van der Waals surface area contributed by atoms with Crippen LogP contribution in [0.5, 0.6) is 0 Å². The third kappa shape index (κ3) is 4.26. The standard InChI is InChI=1S/C21H26N2O2/c1-2-11-23-20(24)21(9-13-25-14-10-21)15-17-5-7-18(8-6-17)19-4-3-12-22-16-19/h3-8,12,16H,2,9-11,13-15H2,1H3,(H,23,24). The maximum Gasteiger partial charge on any atom is 0.226 e. The van der Waals surface area contributed by atoms with E-state index in [1.54, 1.807) is 6.20 Å². The van der Waals surface area contributed by atoms with Crippen molar-refractivity contribution in [2.24, 2.45) is 5.41 Å². The molecule has 1 amide bonds. The molecule has 1 aliphatic rings. The molecule has 1 aliphatic heterocycles. The molecule has 0 spiro atoms. The fourth-order valence-electron chi connectivity index (χ4n) is 3.41. The van der Waals surface area contributed by atoms with E-state index in [9.17, 15) is 4.79 Å². The van der Waals surface area contributed by atoms with Crippen molar-refractivity contribution >= 4 is 5.91 Å². The summed E-state index contributed by atoms with van der Waals surface area (Å²) in [5, 5.41) is 3.10. The lowest BCUT2D eigenvalue weighted by atomic mass is 9.74. The van der Waals surface area contributed by atoms with Crippen molar-refractivity contribution in [3.8, 4) is 11.1 Å². The third-order valence-corrected chi connectivity index (χ3v) is 4.96. The molecule has 2 aromatic rings. The molecule has 0 saturated carbocycles. The molecule has 1 saturated heterocycles. The van der Waals surface area contributed by atoms with E-state index in [1.165, 1.54) is 5.56 Å². The molecule has 132 valence electrons. The van der Waals surface area contributed by atoms with Crippen LogP contribution in [-0.4, -0.2) is 30.6 Å². The summed E-state index contributed by atoms with van der Waals surface area (Å²) in [5.41, 5.74) is 3.11. The maximum atomic E-state index is 12.8. The van der Waals surface area contributed by atoms with Gasteiger partial charge in [0.2, 0.25) is 5.91 Å². The van der Waals surface area contributed by atoms with Gasteiger partial charge in [0.15, 0.2) is 0 Å².